The van der Waals surface area contributed by atoms with Crippen LogP contribution in [0.4, 0.5) is 0 Å². The van der Waals surface area contributed by atoms with Crippen LogP contribution in [0, 0.1) is 0 Å². The van der Waals surface area contributed by atoms with Gasteiger partial charge in [-0.1, -0.05) is 30.3 Å². The van der Waals surface area contributed by atoms with Gasteiger partial charge in [0.05, 0.1) is 10.4 Å². The molecule has 27 heavy (non-hydrogen) atoms. The zero-order valence-electron chi connectivity index (χ0n) is 15.0. The monoisotopic (exact) mass is 387 g/mol. The zero-order valence-corrected chi connectivity index (χ0v) is 15.8. The van der Waals surface area contributed by atoms with Crippen LogP contribution >= 0.6 is 0 Å². The van der Waals surface area contributed by atoms with Crippen molar-refractivity contribution in [3.05, 3.63) is 64.6 Å². The number of sulfonamides is 1. The van der Waals surface area contributed by atoms with Gasteiger partial charge in [0, 0.05) is 38.8 Å². The predicted molar refractivity (Wildman–Crippen MR) is 102 cm³/mol. The fraction of sp³-hybridized carbons (Fsp3) is 0.316. The second-order valence-corrected chi connectivity index (χ2v) is 8.60. The number of aromatic nitrogens is 1. The van der Waals surface area contributed by atoms with Crippen LogP contribution in [-0.2, 0) is 23.6 Å². The Morgan fingerprint density at radius 1 is 1.19 bits per heavy atom. The Labute approximate surface area is 157 Å². The summed E-state index contributed by atoms with van der Waals surface area (Å²) in [5, 5.41) is 0. The summed E-state index contributed by atoms with van der Waals surface area (Å²) in [5.74, 6) is -0.514. The third-order valence-corrected chi connectivity index (χ3v) is 6.44. The second kappa shape index (κ2) is 6.95. The average Bonchev–Trinajstić information content (AvgIpc) is 3.19. The molecule has 1 aliphatic rings. The summed E-state index contributed by atoms with van der Waals surface area (Å²) in [7, 11) is -2.10. The minimum Gasteiger partial charge on any atom is -0.408 e. The number of hydrogen-bond donors (Lipinski definition) is 1. The predicted octanol–water partition coefficient (Wildman–Crippen LogP) is 1.68. The van der Waals surface area contributed by atoms with Gasteiger partial charge in [0.15, 0.2) is 5.58 Å². The first-order chi connectivity index (χ1) is 12.9. The smallest absolute Gasteiger partial charge is 0.408 e. The van der Waals surface area contributed by atoms with Crippen molar-refractivity contribution in [1.29, 1.82) is 0 Å². The van der Waals surface area contributed by atoms with Crippen LogP contribution in [0.25, 0.3) is 11.1 Å². The zero-order chi connectivity index (χ0) is 19.0. The summed E-state index contributed by atoms with van der Waals surface area (Å²) in [4.78, 5) is 13.9. The normalized spacial score (nSPS) is 18.3. The second-order valence-electron chi connectivity index (χ2n) is 6.88. The number of aryl methyl sites for hydroxylation is 1. The van der Waals surface area contributed by atoms with Crippen molar-refractivity contribution in [2.75, 3.05) is 13.1 Å². The van der Waals surface area contributed by atoms with Gasteiger partial charge >= 0.3 is 5.76 Å². The number of hydrogen-bond acceptors (Lipinski definition) is 5. The van der Waals surface area contributed by atoms with Crippen LogP contribution in [0.3, 0.4) is 0 Å². The Kier molecular flexibility index (Phi) is 4.63. The number of benzene rings is 2. The molecule has 4 rings (SSSR count). The van der Waals surface area contributed by atoms with Gasteiger partial charge in [-0.15, -0.1) is 0 Å². The Hall–Kier alpha value is -2.42. The Morgan fingerprint density at radius 3 is 2.74 bits per heavy atom. The summed E-state index contributed by atoms with van der Waals surface area (Å²) >= 11 is 0. The molecular formula is C19H21N3O4S. The minimum atomic E-state index is -3.68. The maximum absolute atomic E-state index is 12.7. The Bertz CT molecular complexity index is 1120. The lowest BCUT2D eigenvalue weighted by molar-refractivity contribution is 0.324. The number of fused-ring (bicyclic) bond motifs is 1. The largest absolute Gasteiger partial charge is 0.419 e. The molecule has 0 spiro atoms. The summed E-state index contributed by atoms with van der Waals surface area (Å²) in [6.45, 7) is 2.31. The summed E-state index contributed by atoms with van der Waals surface area (Å²) < 4.78 is 34.7. The van der Waals surface area contributed by atoms with Crippen LogP contribution < -0.4 is 10.5 Å². The molecule has 0 radical (unpaired) electrons. The highest BCUT2D eigenvalue weighted by Gasteiger charge is 2.27. The third-order valence-electron chi connectivity index (χ3n) is 4.92. The Morgan fingerprint density at radius 2 is 1.96 bits per heavy atom. The number of nitrogens with one attached hydrogen (secondary N) is 1. The van der Waals surface area contributed by atoms with Crippen LogP contribution in [0.15, 0.2) is 62.6 Å². The summed E-state index contributed by atoms with van der Waals surface area (Å²) in [6, 6.07) is 14.5. The van der Waals surface area contributed by atoms with Crippen molar-refractivity contribution in [1.82, 2.24) is 14.2 Å². The highest BCUT2D eigenvalue weighted by molar-refractivity contribution is 7.89. The molecule has 1 atom stereocenters. The molecule has 0 aliphatic carbocycles. The van der Waals surface area contributed by atoms with Gasteiger partial charge in [-0.3, -0.25) is 9.47 Å². The molecule has 8 heteroatoms. The molecule has 2 aromatic carbocycles. The third kappa shape index (κ3) is 3.69. The van der Waals surface area contributed by atoms with Gasteiger partial charge < -0.3 is 4.42 Å². The van der Waals surface area contributed by atoms with Crippen molar-refractivity contribution < 1.29 is 12.8 Å². The number of likely N-dealkylation sites (tertiary alicyclic amines) is 1. The van der Waals surface area contributed by atoms with Crippen molar-refractivity contribution in [3.8, 4) is 0 Å². The average molecular weight is 387 g/mol. The fourth-order valence-corrected chi connectivity index (χ4v) is 4.76. The lowest BCUT2D eigenvalue weighted by Gasteiger charge is -2.17. The van der Waals surface area contributed by atoms with E-state index in [1.54, 1.807) is 13.1 Å². The lowest BCUT2D eigenvalue weighted by Crippen LogP contribution is -2.36. The molecule has 2 heterocycles. The Balaban J connectivity index is 1.46. The topological polar surface area (TPSA) is 84.5 Å². The van der Waals surface area contributed by atoms with E-state index >= 15 is 0 Å². The van der Waals surface area contributed by atoms with E-state index in [2.05, 4.69) is 21.8 Å². The van der Waals surface area contributed by atoms with E-state index in [1.165, 1.54) is 22.3 Å². The molecule has 0 bridgehead atoms. The molecule has 1 N–H and O–H groups in total. The lowest BCUT2D eigenvalue weighted by atomic mass is 10.2. The quantitative estimate of drug-likeness (QED) is 0.720. The molecule has 142 valence electrons. The van der Waals surface area contributed by atoms with E-state index in [9.17, 15) is 13.2 Å². The molecule has 0 amide bonds. The molecule has 1 saturated heterocycles. The van der Waals surface area contributed by atoms with Crippen molar-refractivity contribution in [3.63, 3.8) is 0 Å². The van der Waals surface area contributed by atoms with E-state index in [0.717, 1.165) is 19.5 Å². The van der Waals surface area contributed by atoms with E-state index in [0.29, 0.717) is 12.1 Å². The molecule has 1 fully saturated rings. The van der Waals surface area contributed by atoms with Crippen LogP contribution in [-0.4, -0.2) is 37.0 Å². The minimum absolute atomic E-state index is 0.103. The fourth-order valence-electron chi connectivity index (χ4n) is 3.48. The first-order valence-corrected chi connectivity index (χ1v) is 10.3. The number of nitrogens with zero attached hydrogens (tertiary/aromatic N) is 2. The van der Waals surface area contributed by atoms with E-state index < -0.39 is 15.8 Å². The highest BCUT2D eigenvalue weighted by Crippen LogP contribution is 2.20. The molecule has 1 aliphatic heterocycles. The molecule has 0 saturated carbocycles. The summed E-state index contributed by atoms with van der Waals surface area (Å²) in [5.41, 5.74) is 2.04. The SMILES string of the molecule is Cn1c(=O)oc2cc(S(=O)(=O)NC3CCN(Cc4ccccc4)C3)ccc21. The van der Waals surface area contributed by atoms with Gasteiger partial charge in [0.1, 0.15) is 0 Å². The standard InChI is InChI=1S/C19H21N3O4S/c1-21-17-8-7-16(11-18(17)26-19(21)23)27(24,25)20-15-9-10-22(13-15)12-14-5-3-2-4-6-14/h2-8,11,15,20H,9-10,12-13H2,1H3. The molecule has 1 aromatic heterocycles. The van der Waals surface area contributed by atoms with Crippen molar-refractivity contribution >= 4 is 21.1 Å². The van der Waals surface area contributed by atoms with Crippen molar-refractivity contribution in [2.45, 2.75) is 23.9 Å². The van der Waals surface area contributed by atoms with E-state index in [-0.39, 0.29) is 16.5 Å². The first-order valence-electron chi connectivity index (χ1n) is 8.80. The maximum atomic E-state index is 12.7. The molecule has 1 unspecified atom stereocenters. The van der Waals surface area contributed by atoms with Gasteiger partial charge in [-0.2, -0.15) is 0 Å². The first kappa shape index (κ1) is 18.0. The molecular weight excluding hydrogens is 366 g/mol. The maximum Gasteiger partial charge on any atom is 0.419 e. The van der Waals surface area contributed by atoms with Gasteiger partial charge in [-0.25, -0.2) is 17.9 Å². The van der Waals surface area contributed by atoms with Crippen LogP contribution in [0.1, 0.15) is 12.0 Å². The van der Waals surface area contributed by atoms with Gasteiger partial charge in [0.25, 0.3) is 0 Å². The van der Waals surface area contributed by atoms with E-state index in [1.807, 2.05) is 18.2 Å². The van der Waals surface area contributed by atoms with Crippen LogP contribution in [0.5, 0.6) is 0 Å². The number of rotatable bonds is 5. The summed E-state index contributed by atoms with van der Waals surface area (Å²) in [6.07, 6.45) is 0.759. The van der Waals surface area contributed by atoms with E-state index in [4.69, 9.17) is 4.42 Å². The molecule has 3 aromatic rings. The number of oxazole rings is 1. The van der Waals surface area contributed by atoms with Gasteiger partial charge in [-0.05, 0) is 24.1 Å². The van der Waals surface area contributed by atoms with Crippen molar-refractivity contribution in [2.24, 2.45) is 7.05 Å². The van der Waals surface area contributed by atoms with Gasteiger partial charge in [0.2, 0.25) is 10.0 Å². The highest BCUT2D eigenvalue weighted by atomic mass is 32.2. The van der Waals surface area contributed by atoms with Crippen LogP contribution in [0.2, 0.25) is 0 Å². The molecule has 7 nitrogen and oxygen atoms in total.